The van der Waals surface area contributed by atoms with Crippen LogP contribution in [0.15, 0.2) is 51.7 Å². The van der Waals surface area contributed by atoms with Gasteiger partial charge in [-0.2, -0.15) is 0 Å². The first-order valence-corrected chi connectivity index (χ1v) is 9.33. The summed E-state index contributed by atoms with van der Waals surface area (Å²) in [5.41, 5.74) is 1.73. The maximum atomic E-state index is 12.5. The minimum atomic E-state index is -0.490. The van der Waals surface area contributed by atoms with Crippen molar-refractivity contribution >= 4 is 22.6 Å². The third kappa shape index (κ3) is 4.57. The monoisotopic (exact) mass is 396 g/mol. The molecule has 1 aromatic heterocycles. The number of amides is 1. The summed E-state index contributed by atoms with van der Waals surface area (Å²) in [6, 6.07) is 11.9. The molecule has 0 unspecified atom stereocenters. The van der Waals surface area contributed by atoms with Crippen LogP contribution < -0.4 is 15.7 Å². The minimum Gasteiger partial charge on any atom is -0.508 e. The molecule has 2 N–H and O–H groups in total. The molecule has 7 heteroatoms. The highest BCUT2D eigenvalue weighted by molar-refractivity contribution is 5.93. The lowest BCUT2D eigenvalue weighted by Crippen LogP contribution is -2.33. The van der Waals surface area contributed by atoms with E-state index in [2.05, 4.69) is 5.32 Å². The van der Waals surface area contributed by atoms with E-state index in [1.165, 1.54) is 6.07 Å². The van der Waals surface area contributed by atoms with Gasteiger partial charge >= 0.3 is 5.63 Å². The molecule has 0 saturated carbocycles. The number of ether oxygens (including phenoxy) is 1. The molecule has 0 aliphatic rings. The van der Waals surface area contributed by atoms with Gasteiger partial charge in [0.25, 0.3) is 0 Å². The molecule has 2 aromatic carbocycles. The van der Waals surface area contributed by atoms with Gasteiger partial charge in [0.05, 0.1) is 19.3 Å². The van der Waals surface area contributed by atoms with Gasteiger partial charge in [-0.15, -0.1) is 0 Å². The molecule has 0 radical (unpaired) electrons. The fraction of sp³-hybridized carbons (Fsp3) is 0.273. The number of carbonyl (C=O) groups is 1. The van der Waals surface area contributed by atoms with E-state index in [0.29, 0.717) is 35.7 Å². The van der Waals surface area contributed by atoms with E-state index in [9.17, 15) is 14.7 Å². The van der Waals surface area contributed by atoms with Gasteiger partial charge in [-0.1, -0.05) is 19.1 Å². The smallest absolute Gasteiger partial charge is 0.336 e. The highest BCUT2D eigenvalue weighted by Gasteiger charge is 2.16. The summed E-state index contributed by atoms with van der Waals surface area (Å²) in [4.78, 5) is 26.5. The second kappa shape index (κ2) is 8.79. The third-order valence-electron chi connectivity index (χ3n) is 4.81. The number of hydrogen-bond acceptors (Lipinski definition) is 6. The van der Waals surface area contributed by atoms with Crippen molar-refractivity contribution in [2.45, 2.75) is 20.4 Å². The van der Waals surface area contributed by atoms with E-state index < -0.39 is 5.63 Å². The van der Waals surface area contributed by atoms with Crippen LogP contribution in [0.3, 0.4) is 0 Å². The third-order valence-corrected chi connectivity index (χ3v) is 4.81. The van der Waals surface area contributed by atoms with Crippen LogP contribution in [0.4, 0.5) is 5.69 Å². The fourth-order valence-corrected chi connectivity index (χ4v) is 3.21. The first-order valence-electron chi connectivity index (χ1n) is 9.33. The summed E-state index contributed by atoms with van der Waals surface area (Å²) >= 11 is 0. The van der Waals surface area contributed by atoms with E-state index in [1.807, 2.05) is 24.0 Å². The van der Waals surface area contributed by atoms with Gasteiger partial charge in [0.15, 0.2) is 0 Å². The Bertz CT molecular complexity index is 1090. The van der Waals surface area contributed by atoms with Crippen LogP contribution >= 0.6 is 0 Å². The van der Waals surface area contributed by atoms with Crippen LogP contribution in [-0.4, -0.2) is 36.1 Å². The molecule has 3 rings (SSSR count). The number of fused-ring (bicyclic) bond motifs is 1. The summed E-state index contributed by atoms with van der Waals surface area (Å²) in [5.74, 6) is 0.477. The van der Waals surface area contributed by atoms with E-state index in [0.717, 1.165) is 10.9 Å². The number of hydrogen-bond donors (Lipinski definition) is 2. The van der Waals surface area contributed by atoms with Gasteiger partial charge in [0.1, 0.15) is 17.1 Å². The number of para-hydroxylation sites is 2. The predicted molar refractivity (Wildman–Crippen MR) is 111 cm³/mol. The van der Waals surface area contributed by atoms with Gasteiger partial charge in [-0.3, -0.25) is 9.69 Å². The topological polar surface area (TPSA) is 92.0 Å². The average molecular weight is 396 g/mol. The Morgan fingerprint density at radius 1 is 1.24 bits per heavy atom. The Hall–Kier alpha value is -3.32. The number of phenols is 1. The summed E-state index contributed by atoms with van der Waals surface area (Å²) in [6.07, 6.45) is 0. The number of rotatable bonds is 7. The van der Waals surface area contributed by atoms with Crippen molar-refractivity contribution in [1.82, 2.24) is 4.90 Å². The molecule has 7 nitrogen and oxygen atoms in total. The molecule has 29 heavy (non-hydrogen) atoms. The fourth-order valence-electron chi connectivity index (χ4n) is 3.21. The minimum absolute atomic E-state index is 0.0707. The number of anilines is 1. The molecule has 0 atom stereocenters. The molecule has 152 valence electrons. The highest BCUT2D eigenvalue weighted by atomic mass is 16.5. The summed E-state index contributed by atoms with van der Waals surface area (Å²) in [7, 11) is 1.55. The maximum Gasteiger partial charge on any atom is 0.336 e. The van der Waals surface area contributed by atoms with E-state index >= 15 is 0 Å². The van der Waals surface area contributed by atoms with Crippen LogP contribution in [0.1, 0.15) is 18.1 Å². The molecule has 1 amide bonds. The lowest BCUT2D eigenvalue weighted by molar-refractivity contribution is -0.117. The molecule has 0 bridgehead atoms. The number of likely N-dealkylation sites (N-methyl/N-ethyl adjacent to an activating group) is 1. The number of benzene rings is 2. The van der Waals surface area contributed by atoms with Crippen molar-refractivity contribution in [2.75, 3.05) is 25.5 Å². The van der Waals surface area contributed by atoms with Crippen LogP contribution in [0, 0.1) is 6.92 Å². The van der Waals surface area contributed by atoms with Crippen molar-refractivity contribution in [3.8, 4) is 11.5 Å². The van der Waals surface area contributed by atoms with Gasteiger partial charge < -0.3 is 19.6 Å². The normalized spacial score (nSPS) is 11.0. The van der Waals surface area contributed by atoms with Gasteiger partial charge in [0, 0.05) is 23.6 Å². The largest absolute Gasteiger partial charge is 0.508 e. The van der Waals surface area contributed by atoms with Crippen LogP contribution in [0.5, 0.6) is 11.5 Å². The molecule has 0 saturated heterocycles. The molecule has 0 fully saturated rings. The molecule has 0 aliphatic carbocycles. The van der Waals surface area contributed by atoms with Gasteiger partial charge in [-0.25, -0.2) is 4.79 Å². The first kappa shape index (κ1) is 20.4. The van der Waals surface area contributed by atoms with Gasteiger partial charge in [-0.05, 0) is 43.3 Å². The van der Waals surface area contributed by atoms with Crippen LogP contribution in [0.2, 0.25) is 0 Å². The number of aryl methyl sites for hydroxylation is 1. The average Bonchev–Trinajstić information content (AvgIpc) is 2.70. The predicted octanol–water partition coefficient (Wildman–Crippen LogP) is 3.28. The van der Waals surface area contributed by atoms with Crippen molar-refractivity contribution in [2.24, 2.45) is 0 Å². The zero-order valence-electron chi connectivity index (χ0n) is 16.7. The SMILES string of the molecule is CCN(CC(=O)Nc1ccccc1OC)Cc1cc(=O)oc2c(C)c(O)ccc12. The summed E-state index contributed by atoms with van der Waals surface area (Å²) < 4.78 is 10.5. The number of methoxy groups -OCH3 is 1. The number of nitrogens with one attached hydrogen (secondary N) is 1. The van der Waals surface area contributed by atoms with Crippen LogP contribution in [-0.2, 0) is 11.3 Å². The molecular weight excluding hydrogens is 372 g/mol. The van der Waals surface area contributed by atoms with Crippen LogP contribution in [0.25, 0.3) is 11.0 Å². The molecule has 3 aromatic rings. The highest BCUT2D eigenvalue weighted by Crippen LogP contribution is 2.28. The maximum absolute atomic E-state index is 12.5. The number of nitrogens with zero attached hydrogens (tertiary/aromatic N) is 1. The van der Waals surface area contributed by atoms with E-state index in [-0.39, 0.29) is 18.2 Å². The Labute approximate surface area is 168 Å². The lowest BCUT2D eigenvalue weighted by atomic mass is 10.1. The molecule has 0 spiro atoms. The number of carbonyl (C=O) groups excluding carboxylic acids is 1. The molecule has 1 heterocycles. The molecular formula is C22H24N2O5. The van der Waals surface area contributed by atoms with E-state index in [1.54, 1.807) is 38.3 Å². The quantitative estimate of drug-likeness (QED) is 0.596. The van der Waals surface area contributed by atoms with Crippen molar-refractivity contribution < 1.29 is 19.1 Å². The summed E-state index contributed by atoms with van der Waals surface area (Å²) in [5, 5.41) is 13.5. The first-order chi connectivity index (χ1) is 13.9. The standard InChI is InChI=1S/C22H24N2O5/c1-4-24(13-20(26)23-17-7-5-6-8-19(17)28-3)12-15-11-21(27)29-22-14(2)18(25)10-9-16(15)22/h5-11,25H,4,12-13H2,1-3H3,(H,23,26). The lowest BCUT2D eigenvalue weighted by Gasteiger charge is -2.21. The van der Waals surface area contributed by atoms with Gasteiger partial charge in [0.2, 0.25) is 5.91 Å². The van der Waals surface area contributed by atoms with Crippen molar-refractivity contribution in [1.29, 1.82) is 0 Å². The Morgan fingerprint density at radius 2 is 2.00 bits per heavy atom. The summed E-state index contributed by atoms with van der Waals surface area (Å²) in [6.45, 7) is 4.79. The van der Waals surface area contributed by atoms with E-state index in [4.69, 9.17) is 9.15 Å². The molecule has 0 aliphatic heterocycles. The Kier molecular flexibility index (Phi) is 6.19. The van der Waals surface area contributed by atoms with Crippen molar-refractivity contribution in [3.05, 3.63) is 64.0 Å². The second-order valence-corrected chi connectivity index (χ2v) is 6.73. The number of phenolic OH excluding ortho intramolecular Hbond substituents is 1. The number of aromatic hydroxyl groups is 1. The second-order valence-electron chi connectivity index (χ2n) is 6.73. The zero-order valence-corrected chi connectivity index (χ0v) is 16.7. The zero-order chi connectivity index (χ0) is 21.0. The van der Waals surface area contributed by atoms with Crippen molar-refractivity contribution in [3.63, 3.8) is 0 Å². The Balaban J connectivity index is 1.80. The Morgan fingerprint density at radius 3 is 2.72 bits per heavy atom.